The third-order valence-electron chi connectivity index (χ3n) is 4.12. The molecule has 1 saturated heterocycles. The first kappa shape index (κ1) is 16.1. The highest BCUT2D eigenvalue weighted by Crippen LogP contribution is 2.30. The number of benzene rings is 1. The number of nitrogens with zero attached hydrogens (tertiary/aromatic N) is 2. The molecular weight excluding hydrogens is 296 g/mol. The van der Waals surface area contributed by atoms with E-state index in [-0.39, 0.29) is 12.0 Å². The van der Waals surface area contributed by atoms with E-state index in [0.29, 0.717) is 26.1 Å². The van der Waals surface area contributed by atoms with Crippen LogP contribution in [0, 0.1) is 0 Å². The second kappa shape index (κ2) is 7.66. The Morgan fingerprint density at radius 3 is 2.91 bits per heavy atom. The van der Waals surface area contributed by atoms with Crippen LogP contribution in [0.5, 0.6) is 11.5 Å². The molecule has 23 heavy (non-hydrogen) atoms. The number of para-hydroxylation sites is 2. The number of likely N-dealkylation sites (N-methyl/N-ethyl adjacent to an activating group) is 1. The number of ether oxygens (including phenoxy) is 2. The van der Waals surface area contributed by atoms with Crippen molar-refractivity contribution >= 4 is 5.91 Å². The van der Waals surface area contributed by atoms with Gasteiger partial charge in [-0.3, -0.25) is 9.63 Å². The van der Waals surface area contributed by atoms with Crippen molar-refractivity contribution in [2.75, 3.05) is 39.9 Å². The Kier molecular flexibility index (Phi) is 5.35. The van der Waals surface area contributed by atoms with Gasteiger partial charge in [-0.15, -0.1) is 0 Å². The molecule has 6 heteroatoms. The van der Waals surface area contributed by atoms with Crippen molar-refractivity contribution in [3.63, 3.8) is 0 Å². The summed E-state index contributed by atoms with van der Waals surface area (Å²) in [5.74, 6) is 1.60. The summed E-state index contributed by atoms with van der Waals surface area (Å²) >= 11 is 0. The number of rotatable bonds is 5. The molecule has 2 heterocycles. The zero-order chi connectivity index (χ0) is 16.1. The molecule has 1 atom stereocenters. The van der Waals surface area contributed by atoms with E-state index in [1.54, 1.807) is 4.90 Å². The molecule has 0 saturated carbocycles. The first-order valence-electron chi connectivity index (χ1n) is 8.22. The standard InChI is InChI=1S/C17H24N2O4/c1-18(17(20)8-10-19-9-4-5-11-22-19)12-14-13-21-15-6-2-3-7-16(15)23-14/h2-3,6-7,14H,4-5,8-13H2,1H3. The lowest BCUT2D eigenvalue weighted by Gasteiger charge is -2.30. The second-order valence-corrected chi connectivity index (χ2v) is 5.99. The fourth-order valence-electron chi connectivity index (χ4n) is 2.80. The Labute approximate surface area is 136 Å². The Balaban J connectivity index is 1.43. The maximum absolute atomic E-state index is 12.3. The minimum Gasteiger partial charge on any atom is -0.486 e. The van der Waals surface area contributed by atoms with Crippen molar-refractivity contribution in [3.8, 4) is 11.5 Å². The Morgan fingerprint density at radius 1 is 1.30 bits per heavy atom. The second-order valence-electron chi connectivity index (χ2n) is 5.99. The largest absolute Gasteiger partial charge is 0.486 e. The topological polar surface area (TPSA) is 51.2 Å². The van der Waals surface area contributed by atoms with E-state index in [4.69, 9.17) is 14.3 Å². The van der Waals surface area contributed by atoms with E-state index in [2.05, 4.69) is 0 Å². The normalized spacial score (nSPS) is 21.0. The van der Waals surface area contributed by atoms with Gasteiger partial charge in [0, 0.05) is 26.6 Å². The number of hydrogen-bond donors (Lipinski definition) is 0. The molecule has 3 rings (SSSR count). The van der Waals surface area contributed by atoms with Gasteiger partial charge in [-0.05, 0) is 25.0 Å². The van der Waals surface area contributed by atoms with Crippen LogP contribution in [-0.4, -0.2) is 61.9 Å². The van der Waals surface area contributed by atoms with Crippen LogP contribution in [-0.2, 0) is 9.63 Å². The molecule has 1 fully saturated rings. The number of carbonyl (C=O) groups is 1. The van der Waals surface area contributed by atoms with E-state index in [1.165, 1.54) is 0 Å². The molecule has 0 aliphatic carbocycles. The first-order valence-corrected chi connectivity index (χ1v) is 8.22. The van der Waals surface area contributed by atoms with Crippen molar-refractivity contribution in [2.45, 2.75) is 25.4 Å². The van der Waals surface area contributed by atoms with Crippen molar-refractivity contribution in [1.29, 1.82) is 0 Å². The maximum atomic E-state index is 12.3. The van der Waals surface area contributed by atoms with Gasteiger partial charge < -0.3 is 14.4 Å². The van der Waals surface area contributed by atoms with Crippen LogP contribution in [0.4, 0.5) is 0 Å². The summed E-state index contributed by atoms with van der Waals surface area (Å²) in [6.07, 6.45) is 2.56. The molecular formula is C17H24N2O4. The summed E-state index contributed by atoms with van der Waals surface area (Å²) in [6, 6.07) is 7.61. The number of amides is 1. The van der Waals surface area contributed by atoms with Crippen LogP contribution in [0.25, 0.3) is 0 Å². The van der Waals surface area contributed by atoms with Crippen molar-refractivity contribution < 1.29 is 19.1 Å². The summed E-state index contributed by atoms with van der Waals surface area (Å²) in [7, 11) is 1.81. The highest BCUT2D eigenvalue weighted by molar-refractivity contribution is 5.76. The van der Waals surface area contributed by atoms with Crippen molar-refractivity contribution in [1.82, 2.24) is 9.96 Å². The van der Waals surface area contributed by atoms with E-state index in [9.17, 15) is 4.79 Å². The van der Waals surface area contributed by atoms with Crippen molar-refractivity contribution in [2.24, 2.45) is 0 Å². The fourth-order valence-corrected chi connectivity index (χ4v) is 2.80. The molecule has 2 aliphatic heterocycles. The monoisotopic (exact) mass is 320 g/mol. The number of hydrogen-bond acceptors (Lipinski definition) is 5. The zero-order valence-corrected chi connectivity index (χ0v) is 13.6. The molecule has 1 aromatic rings. The van der Waals surface area contributed by atoms with E-state index < -0.39 is 0 Å². The summed E-state index contributed by atoms with van der Waals surface area (Å²) in [4.78, 5) is 19.5. The lowest BCUT2D eigenvalue weighted by Crippen LogP contribution is -2.42. The summed E-state index contributed by atoms with van der Waals surface area (Å²) in [6.45, 7) is 3.30. The lowest BCUT2D eigenvalue weighted by atomic mass is 10.2. The van der Waals surface area contributed by atoms with Crippen LogP contribution < -0.4 is 9.47 Å². The van der Waals surface area contributed by atoms with Gasteiger partial charge in [0.1, 0.15) is 6.61 Å². The summed E-state index contributed by atoms with van der Waals surface area (Å²) in [5, 5.41) is 1.89. The molecule has 1 aromatic carbocycles. The molecule has 0 aromatic heterocycles. The van der Waals surface area contributed by atoms with E-state index in [0.717, 1.165) is 37.5 Å². The van der Waals surface area contributed by atoms with Crippen LogP contribution in [0.2, 0.25) is 0 Å². The molecule has 0 bridgehead atoms. The van der Waals surface area contributed by atoms with E-state index >= 15 is 0 Å². The van der Waals surface area contributed by atoms with Crippen LogP contribution in [0.1, 0.15) is 19.3 Å². The van der Waals surface area contributed by atoms with Gasteiger partial charge in [-0.2, -0.15) is 5.06 Å². The van der Waals surface area contributed by atoms with Gasteiger partial charge in [0.15, 0.2) is 17.6 Å². The molecule has 0 N–H and O–H groups in total. The highest BCUT2D eigenvalue weighted by Gasteiger charge is 2.24. The molecule has 126 valence electrons. The third-order valence-corrected chi connectivity index (χ3v) is 4.12. The Bertz CT molecular complexity index is 531. The van der Waals surface area contributed by atoms with Gasteiger partial charge in [0.25, 0.3) is 0 Å². The summed E-state index contributed by atoms with van der Waals surface area (Å²) in [5.41, 5.74) is 0. The van der Waals surface area contributed by atoms with Gasteiger partial charge >= 0.3 is 0 Å². The lowest BCUT2D eigenvalue weighted by molar-refractivity contribution is -0.182. The molecule has 1 unspecified atom stereocenters. The summed E-state index contributed by atoms with van der Waals surface area (Å²) < 4.78 is 11.6. The van der Waals surface area contributed by atoms with Crippen LogP contribution in [0.3, 0.4) is 0 Å². The van der Waals surface area contributed by atoms with Gasteiger partial charge in [0.2, 0.25) is 5.91 Å². The van der Waals surface area contributed by atoms with Crippen LogP contribution >= 0.6 is 0 Å². The number of hydroxylamine groups is 2. The molecule has 6 nitrogen and oxygen atoms in total. The van der Waals surface area contributed by atoms with Crippen molar-refractivity contribution in [3.05, 3.63) is 24.3 Å². The van der Waals surface area contributed by atoms with E-state index in [1.807, 2.05) is 36.4 Å². The fraction of sp³-hybridized carbons (Fsp3) is 0.588. The third kappa shape index (κ3) is 4.36. The average Bonchev–Trinajstić information content (AvgIpc) is 2.60. The molecule has 0 spiro atoms. The van der Waals surface area contributed by atoms with Gasteiger partial charge in [0.05, 0.1) is 13.2 Å². The minimum absolute atomic E-state index is 0.0987. The van der Waals surface area contributed by atoms with Gasteiger partial charge in [-0.1, -0.05) is 12.1 Å². The Hall–Kier alpha value is -1.79. The predicted octanol–water partition coefficient (Wildman–Crippen LogP) is 1.70. The minimum atomic E-state index is -0.134. The highest BCUT2D eigenvalue weighted by atomic mass is 16.7. The SMILES string of the molecule is CN(CC1COc2ccccc2O1)C(=O)CCN1CCCCO1. The average molecular weight is 320 g/mol. The molecule has 1 amide bonds. The zero-order valence-electron chi connectivity index (χ0n) is 13.6. The number of fused-ring (bicyclic) bond motifs is 1. The number of carbonyl (C=O) groups excluding carboxylic acids is 1. The molecule has 2 aliphatic rings. The van der Waals surface area contributed by atoms with Crippen LogP contribution in [0.15, 0.2) is 24.3 Å². The Morgan fingerprint density at radius 2 is 2.13 bits per heavy atom. The predicted molar refractivity (Wildman–Crippen MR) is 85.4 cm³/mol. The quantitative estimate of drug-likeness (QED) is 0.826. The van der Waals surface area contributed by atoms with Gasteiger partial charge in [-0.25, -0.2) is 0 Å². The smallest absolute Gasteiger partial charge is 0.223 e. The maximum Gasteiger partial charge on any atom is 0.223 e. The first-order chi connectivity index (χ1) is 11.2. The molecule has 0 radical (unpaired) electrons.